The number of nitrogens with one attached hydrogen (secondary N) is 1. The zero-order chi connectivity index (χ0) is 17.3. The molecule has 0 aliphatic carbocycles. The Morgan fingerprint density at radius 3 is 2.83 bits per heavy atom. The van der Waals surface area contributed by atoms with Crippen LogP contribution in [0.5, 0.6) is 5.75 Å². The van der Waals surface area contributed by atoms with E-state index in [4.69, 9.17) is 33.1 Å². The number of hydroxylamine groups is 1. The van der Waals surface area contributed by atoms with E-state index in [9.17, 15) is 9.59 Å². The standard InChI is InChI=1S/C16H12Cl2N2O4/c17-11-3-1-2-10(15(11)18)7-20-12-6-9(16(22)19-23)4-5-13(12)24-8-14(20)21/h1-6,23H,7-8H2,(H,19,22). The van der Waals surface area contributed by atoms with Crippen molar-refractivity contribution in [2.24, 2.45) is 0 Å². The van der Waals surface area contributed by atoms with Crippen molar-refractivity contribution < 1.29 is 19.5 Å². The van der Waals surface area contributed by atoms with E-state index in [2.05, 4.69) is 0 Å². The first-order chi connectivity index (χ1) is 11.5. The van der Waals surface area contributed by atoms with Crippen molar-refractivity contribution in [3.8, 4) is 5.75 Å². The van der Waals surface area contributed by atoms with Crippen LogP contribution in [0.2, 0.25) is 10.0 Å². The molecule has 2 aromatic rings. The van der Waals surface area contributed by atoms with Crippen LogP contribution in [-0.4, -0.2) is 23.6 Å². The first-order valence-corrected chi connectivity index (χ1v) is 7.71. The molecule has 1 heterocycles. The highest BCUT2D eigenvalue weighted by molar-refractivity contribution is 6.42. The highest BCUT2D eigenvalue weighted by Gasteiger charge is 2.27. The highest BCUT2D eigenvalue weighted by atomic mass is 35.5. The predicted octanol–water partition coefficient (Wildman–Crippen LogP) is 3.04. The fourth-order valence-electron chi connectivity index (χ4n) is 2.42. The van der Waals surface area contributed by atoms with Crippen LogP contribution in [-0.2, 0) is 11.3 Å². The lowest BCUT2D eigenvalue weighted by molar-refractivity contribution is -0.121. The number of amides is 2. The van der Waals surface area contributed by atoms with Gasteiger partial charge in [-0.25, -0.2) is 5.48 Å². The summed E-state index contributed by atoms with van der Waals surface area (Å²) in [6, 6.07) is 9.69. The average molecular weight is 367 g/mol. The molecule has 0 radical (unpaired) electrons. The summed E-state index contributed by atoms with van der Waals surface area (Å²) in [5.41, 5.74) is 2.84. The molecule has 6 nitrogen and oxygen atoms in total. The fourth-order valence-corrected chi connectivity index (χ4v) is 2.80. The number of hydrogen-bond donors (Lipinski definition) is 2. The average Bonchev–Trinajstić information content (AvgIpc) is 2.60. The van der Waals surface area contributed by atoms with E-state index in [1.54, 1.807) is 29.7 Å². The normalized spacial score (nSPS) is 13.3. The van der Waals surface area contributed by atoms with E-state index in [1.807, 2.05) is 0 Å². The molecule has 0 aromatic heterocycles. The van der Waals surface area contributed by atoms with Gasteiger partial charge in [-0.2, -0.15) is 0 Å². The first kappa shape index (κ1) is 16.6. The van der Waals surface area contributed by atoms with E-state index >= 15 is 0 Å². The minimum atomic E-state index is -0.684. The largest absolute Gasteiger partial charge is 0.482 e. The molecular formula is C16H12Cl2N2O4. The van der Waals surface area contributed by atoms with Gasteiger partial charge in [0, 0.05) is 5.56 Å². The van der Waals surface area contributed by atoms with Crippen molar-refractivity contribution in [1.29, 1.82) is 0 Å². The van der Waals surface area contributed by atoms with Gasteiger partial charge >= 0.3 is 0 Å². The summed E-state index contributed by atoms with van der Waals surface area (Å²) in [6.45, 7) is 0.0650. The van der Waals surface area contributed by atoms with Crippen LogP contribution < -0.4 is 15.1 Å². The lowest BCUT2D eigenvalue weighted by Crippen LogP contribution is -2.38. The minimum absolute atomic E-state index is 0.114. The molecule has 0 spiro atoms. The summed E-state index contributed by atoms with van der Waals surface area (Å²) in [5, 5.41) is 9.53. The van der Waals surface area contributed by atoms with E-state index in [0.29, 0.717) is 27.0 Å². The van der Waals surface area contributed by atoms with Crippen molar-refractivity contribution in [3.63, 3.8) is 0 Å². The van der Waals surface area contributed by atoms with Gasteiger partial charge in [0.2, 0.25) is 0 Å². The van der Waals surface area contributed by atoms with Crippen molar-refractivity contribution in [2.45, 2.75) is 6.54 Å². The van der Waals surface area contributed by atoms with E-state index in [-0.39, 0.29) is 24.6 Å². The maximum atomic E-state index is 12.3. The SMILES string of the molecule is O=C(NO)c1ccc2c(c1)N(Cc1cccc(Cl)c1Cl)C(=O)CO2. The summed E-state index contributed by atoms with van der Waals surface area (Å²) in [4.78, 5) is 25.3. The molecule has 1 aliphatic rings. The second-order valence-corrected chi connectivity index (χ2v) is 5.89. The second kappa shape index (κ2) is 6.68. The summed E-state index contributed by atoms with van der Waals surface area (Å²) < 4.78 is 5.38. The number of anilines is 1. The Kier molecular flexibility index (Phi) is 4.62. The molecule has 8 heteroatoms. The molecule has 0 fully saturated rings. The molecule has 0 atom stereocenters. The number of rotatable bonds is 3. The molecule has 0 bridgehead atoms. The van der Waals surface area contributed by atoms with Crippen molar-refractivity contribution >= 4 is 40.7 Å². The van der Waals surface area contributed by atoms with Crippen molar-refractivity contribution in [1.82, 2.24) is 5.48 Å². The zero-order valence-corrected chi connectivity index (χ0v) is 13.8. The van der Waals surface area contributed by atoms with Gasteiger partial charge in [-0.1, -0.05) is 35.3 Å². The van der Waals surface area contributed by atoms with Gasteiger partial charge < -0.3 is 9.64 Å². The number of ether oxygens (including phenoxy) is 1. The second-order valence-electron chi connectivity index (χ2n) is 5.10. The number of fused-ring (bicyclic) bond motifs is 1. The lowest BCUT2D eigenvalue weighted by Gasteiger charge is -2.30. The Bertz CT molecular complexity index is 826. The molecule has 2 aromatic carbocycles. The minimum Gasteiger partial charge on any atom is -0.482 e. The number of hydrogen-bond acceptors (Lipinski definition) is 4. The van der Waals surface area contributed by atoms with Crippen molar-refractivity contribution in [2.75, 3.05) is 11.5 Å². The third kappa shape index (κ3) is 3.03. The van der Waals surface area contributed by atoms with Crippen LogP contribution >= 0.6 is 23.2 Å². The molecule has 0 saturated heterocycles. The fraction of sp³-hybridized carbons (Fsp3) is 0.125. The number of nitrogens with zero attached hydrogens (tertiary/aromatic N) is 1. The number of benzene rings is 2. The molecule has 2 amide bonds. The molecule has 2 N–H and O–H groups in total. The summed E-state index contributed by atoms with van der Waals surface area (Å²) >= 11 is 12.2. The van der Waals surface area contributed by atoms with Crippen molar-refractivity contribution in [3.05, 3.63) is 57.6 Å². The predicted molar refractivity (Wildman–Crippen MR) is 88.8 cm³/mol. The van der Waals surface area contributed by atoms with Gasteiger partial charge in [-0.15, -0.1) is 0 Å². The number of carbonyl (C=O) groups is 2. The molecular weight excluding hydrogens is 355 g/mol. The third-order valence-electron chi connectivity index (χ3n) is 3.63. The summed E-state index contributed by atoms with van der Waals surface area (Å²) in [7, 11) is 0. The van der Waals surface area contributed by atoms with Gasteiger partial charge in [0.25, 0.3) is 11.8 Å². The topological polar surface area (TPSA) is 78.9 Å². The third-order valence-corrected chi connectivity index (χ3v) is 4.48. The van der Waals surface area contributed by atoms with E-state index < -0.39 is 5.91 Å². The van der Waals surface area contributed by atoms with Gasteiger partial charge in [0.05, 0.1) is 22.3 Å². The molecule has 124 valence electrons. The molecule has 0 saturated carbocycles. The quantitative estimate of drug-likeness (QED) is 0.646. The Labute approximate surface area is 147 Å². The molecule has 1 aliphatic heterocycles. The monoisotopic (exact) mass is 366 g/mol. The summed E-state index contributed by atoms with van der Waals surface area (Å²) in [5.74, 6) is -0.501. The van der Waals surface area contributed by atoms with Gasteiger partial charge in [-0.05, 0) is 29.8 Å². The maximum Gasteiger partial charge on any atom is 0.274 e. The highest BCUT2D eigenvalue weighted by Crippen LogP contribution is 2.35. The van der Waals surface area contributed by atoms with Gasteiger partial charge in [0.15, 0.2) is 6.61 Å². The summed E-state index contributed by atoms with van der Waals surface area (Å²) in [6.07, 6.45) is 0. The zero-order valence-electron chi connectivity index (χ0n) is 12.3. The number of halogens is 2. The Balaban J connectivity index is 2.01. The molecule has 0 unspecified atom stereocenters. The van der Waals surface area contributed by atoms with Crippen LogP contribution in [0, 0.1) is 0 Å². The number of carbonyl (C=O) groups excluding carboxylic acids is 2. The van der Waals surface area contributed by atoms with Crippen LogP contribution in [0.3, 0.4) is 0 Å². The Hall–Kier alpha value is -2.28. The Morgan fingerprint density at radius 1 is 1.29 bits per heavy atom. The van der Waals surface area contributed by atoms with Crippen LogP contribution in [0.1, 0.15) is 15.9 Å². The van der Waals surface area contributed by atoms with Crippen LogP contribution in [0.4, 0.5) is 5.69 Å². The molecule has 3 rings (SSSR count). The molecule has 24 heavy (non-hydrogen) atoms. The van der Waals surface area contributed by atoms with Gasteiger partial charge in [0.1, 0.15) is 5.75 Å². The van der Waals surface area contributed by atoms with Gasteiger partial charge in [-0.3, -0.25) is 14.8 Å². The lowest BCUT2D eigenvalue weighted by atomic mass is 10.1. The smallest absolute Gasteiger partial charge is 0.274 e. The van der Waals surface area contributed by atoms with E-state index in [1.165, 1.54) is 17.0 Å². The van der Waals surface area contributed by atoms with Crippen LogP contribution in [0.25, 0.3) is 0 Å². The van der Waals surface area contributed by atoms with Crippen LogP contribution in [0.15, 0.2) is 36.4 Å². The van der Waals surface area contributed by atoms with E-state index in [0.717, 1.165) is 0 Å². The Morgan fingerprint density at radius 2 is 2.08 bits per heavy atom. The maximum absolute atomic E-state index is 12.3. The first-order valence-electron chi connectivity index (χ1n) is 6.96.